The number of hydrogen-bond acceptors (Lipinski definition) is 7. The highest BCUT2D eigenvalue weighted by atomic mass is 16.5. The summed E-state index contributed by atoms with van der Waals surface area (Å²) in [6, 6.07) is 2.45. The third-order valence-corrected chi connectivity index (χ3v) is 4.74. The van der Waals surface area contributed by atoms with Crippen LogP contribution >= 0.6 is 0 Å². The van der Waals surface area contributed by atoms with Gasteiger partial charge in [-0.1, -0.05) is 13.8 Å². The van der Waals surface area contributed by atoms with Crippen LogP contribution in [-0.2, 0) is 14.3 Å². The zero-order chi connectivity index (χ0) is 21.4. The minimum absolute atomic E-state index is 0.0476. The second kappa shape index (κ2) is 10.8. The number of methoxy groups -OCH3 is 2. The molecule has 1 aliphatic carbocycles. The number of anilines is 1. The molecule has 0 bridgehead atoms. The number of carbonyl (C=O) groups is 2. The molecule has 29 heavy (non-hydrogen) atoms. The molecular formula is C21H32N2O6. The summed E-state index contributed by atoms with van der Waals surface area (Å²) >= 11 is 0. The van der Waals surface area contributed by atoms with Crippen molar-refractivity contribution in [3.8, 4) is 17.2 Å². The molecule has 0 unspecified atom stereocenters. The number of nitrogens with two attached hydrogens (primary N) is 1. The predicted molar refractivity (Wildman–Crippen MR) is 109 cm³/mol. The van der Waals surface area contributed by atoms with E-state index in [-0.39, 0.29) is 30.3 Å². The number of nitrogen functional groups attached to an aromatic ring is 1. The van der Waals surface area contributed by atoms with Crippen molar-refractivity contribution in [2.24, 2.45) is 5.92 Å². The molecular weight excluding hydrogens is 376 g/mol. The first-order valence-electron chi connectivity index (χ1n) is 9.98. The zero-order valence-electron chi connectivity index (χ0n) is 17.7. The molecule has 1 atom stereocenters. The van der Waals surface area contributed by atoms with Crippen LogP contribution in [0.25, 0.3) is 0 Å². The van der Waals surface area contributed by atoms with Gasteiger partial charge in [-0.15, -0.1) is 0 Å². The van der Waals surface area contributed by atoms with Crippen LogP contribution in [0.15, 0.2) is 12.1 Å². The van der Waals surface area contributed by atoms with Crippen LogP contribution in [0.2, 0.25) is 0 Å². The van der Waals surface area contributed by atoms with E-state index >= 15 is 0 Å². The van der Waals surface area contributed by atoms with E-state index in [4.69, 9.17) is 24.7 Å². The van der Waals surface area contributed by atoms with Gasteiger partial charge in [-0.2, -0.15) is 0 Å². The summed E-state index contributed by atoms with van der Waals surface area (Å²) in [5.74, 6) is 0.382. The van der Waals surface area contributed by atoms with Gasteiger partial charge in [-0.25, -0.2) is 4.79 Å². The number of carbonyl (C=O) groups excluding carboxylic acids is 2. The second-order valence-electron chi connectivity index (χ2n) is 7.64. The maximum absolute atomic E-state index is 12.6. The molecule has 162 valence electrons. The first kappa shape index (κ1) is 22.6. The smallest absolute Gasteiger partial charge is 0.328 e. The van der Waals surface area contributed by atoms with E-state index in [2.05, 4.69) is 5.32 Å². The lowest BCUT2D eigenvalue weighted by molar-refractivity contribution is -0.153. The Labute approximate surface area is 172 Å². The van der Waals surface area contributed by atoms with Crippen molar-refractivity contribution in [3.05, 3.63) is 12.1 Å². The standard InChI is InChI=1S/C21H32N2O6/c1-13(2)9-16(21(25)29-15-7-5-6-8-15)23-19(24)12-28-20-17(26-3)10-14(22)11-18(20)27-4/h10-11,13,15-16H,5-9,12,22H2,1-4H3,(H,23,24)/t16-/m1/s1. The van der Waals surface area contributed by atoms with Crippen molar-refractivity contribution >= 4 is 17.6 Å². The number of benzene rings is 1. The molecule has 1 aliphatic rings. The molecule has 0 saturated heterocycles. The molecule has 1 saturated carbocycles. The van der Waals surface area contributed by atoms with Crippen molar-refractivity contribution in [2.75, 3.05) is 26.6 Å². The summed E-state index contributed by atoms with van der Waals surface area (Å²) in [4.78, 5) is 25.0. The fraction of sp³-hybridized carbons (Fsp3) is 0.619. The minimum atomic E-state index is -0.707. The van der Waals surface area contributed by atoms with Gasteiger partial charge in [0.25, 0.3) is 5.91 Å². The topological polar surface area (TPSA) is 109 Å². The average molecular weight is 408 g/mol. The monoisotopic (exact) mass is 408 g/mol. The number of ether oxygens (including phenoxy) is 4. The SMILES string of the molecule is COc1cc(N)cc(OC)c1OCC(=O)N[C@H](CC(C)C)C(=O)OC1CCCC1. The zero-order valence-corrected chi connectivity index (χ0v) is 17.7. The first-order chi connectivity index (χ1) is 13.8. The van der Waals surface area contributed by atoms with E-state index in [9.17, 15) is 9.59 Å². The Morgan fingerprint density at radius 2 is 1.72 bits per heavy atom. The molecule has 3 N–H and O–H groups in total. The largest absolute Gasteiger partial charge is 0.493 e. The Morgan fingerprint density at radius 1 is 1.14 bits per heavy atom. The maximum atomic E-state index is 12.6. The number of hydrogen-bond donors (Lipinski definition) is 2. The van der Waals surface area contributed by atoms with Crippen molar-refractivity contribution < 1.29 is 28.5 Å². The molecule has 2 rings (SSSR count). The lowest BCUT2D eigenvalue weighted by Gasteiger charge is -2.22. The lowest BCUT2D eigenvalue weighted by atomic mass is 10.0. The van der Waals surface area contributed by atoms with Crippen LogP contribution < -0.4 is 25.3 Å². The summed E-state index contributed by atoms with van der Waals surface area (Å²) in [6.45, 7) is 3.67. The van der Waals surface area contributed by atoms with Gasteiger partial charge in [-0.05, 0) is 38.0 Å². The molecule has 0 aromatic heterocycles. The Bertz CT molecular complexity index is 675. The fourth-order valence-corrected chi connectivity index (χ4v) is 3.35. The van der Waals surface area contributed by atoms with Crippen molar-refractivity contribution in [1.29, 1.82) is 0 Å². The van der Waals surface area contributed by atoms with Gasteiger partial charge in [0.05, 0.1) is 14.2 Å². The summed E-state index contributed by atoms with van der Waals surface area (Å²) < 4.78 is 21.7. The first-order valence-corrected chi connectivity index (χ1v) is 9.98. The van der Waals surface area contributed by atoms with Gasteiger partial charge in [-0.3, -0.25) is 4.79 Å². The minimum Gasteiger partial charge on any atom is -0.493 e. The third-order valence-electron chi connectivity index (χ3n) is 4.74. The highest BCUT2D eigenvalue weighted by molar-refractivity contribution is 5.85. The van der Waals surface area contributed by atoms with E-state index in [1.807, 2.05) is 13.8 Å². The molecule has 8 nitrogen and oxygen atoms in total. The molecule has 1 amide bonds. The van der Waals surface area contributed by atoms with Crippen molar-refractivity contribution in [2.45, 2.75) is 58.1 Å². The van der Waals surface area contributed by atoms with Crippen LogP contribution in [0, 0.1) is 5.92 Å². The van der Waals surface area contributed by atoms with Gasteiger partial charge in [0, 0.05) is 17.8 Å². The van der Waals surface area contributed by atoms with Gasteiger partial charge >= 0.3 is 5.97 Å². The van der Waals surface area contributed by atoms with Gasteiger partial charge in [0.1, 0.15) is 12.1 Å². The number of rotatable bonds is 10. The molecule has 1 aromatic carbocycles. The van der Waals surface area contributed by atoms with Crippen LogP contribution in [0.3, 0.4) is 0 Å². The maximum Gasteiger partial charge on any atom is 0.328 e. The number of amides is 1. The summed E-state index contributed by atoms with van der Waals surface area (Å²) in [5.41, 5.74) is 6.25. The highest BCUT2D eigenvalue weighted by Crippen LogP contribution is 2.39. The van der Waals surface area contributed by atoms with Crippen molar-refractivity contribution in [1.82, 2.24) is 5.32 Å². The number of nitrogens with one attached hydrogen (secondary N) is 1. The fourth-order valence-electron chi connectivity index (χ4n) is 3.35. The molecule has 0 aliphatic heterocycles. The van der Waals surface area contributed by atoms with E-state index < -0.39 is 11.9 Å². The van der Waals surface area contributed by atoms with Crippen molar-refractivity contribution in [3.63, 3.8) is 0 Å². The highest BCUT2D eigenvalue weighted by Gasteiger charge is 2.28. The average Bonchev–Trinajstić information content (AvgIpc) is 3.18. The van der Waals surface area contributed by atoms with Crippen LogP contribution in [-0.4, -0.2) is 44.8 Å². The molecule has 1 aromatic rings. The van der Waals surface area contributed by atoms with E-state index in [1.165, 1.54) is 14.2 Å². The summed E-state index contributed by atoms with van der Waals surface area (Å²) in [7, 11) is 2.94. The normalized spacial score (nSPS) is 15.1. The third kappa shape index (κ3) is 6.73. The van der Waals surface area contributed by atoms with E-state index in [0.717, 1.165) is 25.7 Å². The molecule has 0 radical (unpaired) electrons. The van der Waals surface area contributed by atoms with Crippen LogP contribution in [0.1, 0.15) is 46.0 Å². The Hall–Kier alpha value is -2.64. The van der Waals surface area contributed by atoms with E-state index in [1.54, 1.807) is 12.1 Å². The van der Waals surface area contributed by atoms with Crippen LogP contribution in [0.5, 0.6) is 17.2 Å². The van der Waals surface area contributed by atoms with Gasteiger partial charge < -0.3 is 30.0 Å². The van der Waals surface area contributed by atoms with E-state index in [0.29, 0.717) is 23.6 Å². The van der Waals surface area contributed by atoms with Crippen LogP contribution in [0.4, 0.5) is 5.69 Å². The Balaban J connectivity index is 2.00. The molecule has 1 fully saturated rings. The Morgan fingerprint density at radius 3 is 2.24 bits per heavy atom. The summed E-state index contributed by atoms with van der Waals surface area (Å²) in [6.07, 6.45) is 4.35. The Kier molecular flexibility index (Phi) is 8.42. The summed E-state index contributed by atoms with van der Waals surface area (Å²) in [5, 5.41) is 2.73. The van der Waals surface area contributed by atoms with Gasteiger partial charge in [0.2, 0.25) is 5.75 Å². The quantitative estimate of drug-likeness (QED) is 0.452. The second-order valence-corrected chi connectivity index (χ2v) is 7.64. The molecule has 0 spiro atoms. The molecule has 8 heteroatoms. The lowest BCUT2D eigenvalue weighted by Crippen LogP contribution is -2.45. The number of esters is 1. The van der Waals surface area contributed by atoms with Gasteiger partial charge in [0.15, 0.2) is 18.1 Å². The predicted octanol–water partition coefficient (Wildman–Crippen LogP) is 2.68. The molecule has 0 heterocycles.